The summed E-state index contributed by atoms with van der Waals surface area (Å²) in [6, 6.07) is 6.34. The van der Waals surface area contributed by atoms with Crippen molar-refractivity contribution in [3.8, 4) is 11.1 Å². The Morgan fingerprint density at radius 3 is 2.35 bits per heavy atom. The van der Waals surface area contributed by atoms with E-state index in [1.54, 1.807) is 0 Å². The van der Waals surface area contributed by atoms with Crippen molar-refractivity contribution in [2.75, 3.05) is 0 Å². The SMILES string of the molecule is NC(=O)c1ncccc1-c1c(F)cccc1F. The van der Waals surface area contributed by atoms with E-state index in [1.165, 1.54) is 24.4 Å². The first-order valence-corrected chi connectivity index (χ1v) is 4.80. The number of hydrogen-bond donors (Lipinski definition) is 1. The molecule has 1 amide bonds. The largest absolute Gasteiger partial charge is 0.364 e. The van der Waals surface area contributed by atoms with Crippen LogP contribution in [0.1, 0.15) is 10.5 Å². The van der Waals surface area contributed by atoms with E-state index in [-0.39, 0.29) is 16.8 Å². The molecule has 0 aliphatic heterocycles. The van der Waals surface area contributed by atoms with E-state index in [2.05, 4.69) is 4.98 Å². The van der Waals surface area contributed by atoms with Crippen LogP contribution in [0, 0.1) is 11.6 Å². The van der Waals surface area contributed by atoms with Crippen LogP contribution in [0.4, 0.5) is 8.78 Å². The fraction of sp³-hybridized carbons (Fsp3) is 0. The number of nitrogens with zero attached hydrogens (tertiary/aromatic N) is 1. The van der Waals surface area contributed by atoms with Crippen LogP contribution in [0.15, 0.2) is 36.5 Å². The van der Waals surface area contributed by atoms with Crippen LogP contribution < -0.4 is 5.73 Å². The molecule has 1 heterocycles. The van der Waals surface area contributed by atoms with Crippen molar-refractivity contribution >= 4 is 5.91 Å². The molecule has 2 rings (SSSR count). The lowest BCUT2D eigenvalue weighted by atomic mass is 10.0. The minimum Gasteiger partial charge on any atom is -0.364 e. The fourth-order valence-electron chi connectivity index (χ4n) is 1.56. The number of carbonyl (C=O) groups excluding carboxylic acids is 1. The molecule has 0 fully saturated rings. The molecule has 0 aliphatic carbocycles. The van der Waals surface area contributed by atoms with Gasteiger partial charge in [-0.1, -0.05) is 12.1 Å². The number of primary amides is 1. The minimum absolute atomic E-state index is 0.0515. The predicted octanol–water partition coefficient (Wildman–Crippen LogP) is 2.13. The molecule has 0 unspecified atom stereocenters. The van der Waals surface area contributed by atoms with E-state index in [1.807, 2.05) is 0 Å². The molecule has 0 radical (unpaired) electrons. The van der Waals surface area contributed by atoms with E-state index in [4.69, 9.17) is 5.73 Å². The number of halogens is 2. The lowest BCUT2D eigenvalue weighted by Crippen LogP contribution is -2.14. The zero-order valence-electron chi connectivity index (χ0n) is 8.65. The average molecular weight is 234 g/mol. The standard InChI is InChI=1S/C12H8F2N2O/c13-8-4-1-5-9(14)10(8)7-3-2-6-16-11(7)12(15)17/h1-6H,(H2,15,17). The maximum absolute atomic E-state index is 13.6. The van der Waals surface area contributed by atoms with Crippen molar-refractivity contribution in [3.63, 3.8) is 0 Å². The second kappa shape index (κ2) is 4.29. The van der Waals surface area contributed by atoms with Gasteiger partial charge in [-0.2, -0.15) is 0 Å². The highest BCUT2D eigenvalue weighted by Gasteiger charge is 2.17. The Morgan fingerprint density at radius 1 is 1.12 bits per heavy atom. The van der Waals surface area contributed by atoms with Gasteiger partial charge in [-0.15, -0.1) is 0 Å². The van der Waals surface area contributed by atoms with E-state index in [0.717, 1.165) is 12.1 Å². The minimum atomic E-state index is -0.830. The molecule has 0 saturated carbocycles. The zero-order valence-corrected chi connectivity index (χ0v) is 8.65. The van der Waals surface area contributed by atoms with Gasteiger partial charge in [0.15, 0.2) is 0 Å². The molecule has 0 aliphatic rings. The molecule has 2 N–H and O–H groups in total. The number of hydrogen-bond acceptors (Lipinski definition) is 2. The average Bonchev–Trinajstić information content (AvgIpc) is 2.29. The molecule has 3 nitrogen and oxygen atoms in total. The molecular weight excluding hydrogens is 226 g/mol. The Bertz CT molecular complexity index is 564. The highest BCUT2D eigenvalue weighted by Crippen LogP contribution is 2.27. The lowest BCUT2D eigenvalue weighted by molar-refractivity contribution is 0.0996. The van der Waals surface area contributed by atoms with Crippen molar-refractivity contribution in [1.82, 2.24) is 4.98 Å². The topological polar surface area (TPSA) is 56.0 Å². The Hall–Kier alpha value is -2.30. The van der Waals surface area contributed by atoms with Gasteiger partial charge >= 0.3 is 0 Å². The summed E-state index contributed by atoms with van der Waals surface area (Å²) in [4.78, 5) is 14.9. The predicted molar refractivity (Wildman–Crippen MR) is 58.1 cm³/mol. The first-order valence-electron chi connectivity index (χ1n) is 4.80. The van der Waals surface area contributed by atoms with Gasteiger partial charge in [-0.25, -0.2) is 8.78 Å². The first-order chi connectivity index (χ1) is 8.11. The molecule has 1 aromatic heterocycles. The highest BCUT2D eigenvalue weighted by molar-refractivity contribution is 5.97. The molecule has 17 heavy (non-hydrogen) atoms. The van der Waals surface area contributed by atoms with E-state index in [9.17, 15) is 13.6 Å². The number of nitrogens with two attached hydrogens (primary N) is 1. The number of amides is 1. The van der Waals surface area contributed by atoms with Crippen LogP contribution in [0.25, 0.3) is 11.1 Å². The van der Waals surface area contributed by atoms with Crippen LogP contribution in [0.2, 0.25) is 0 Å². The lowest BCUT2D eigenvalue weighted by Gasteiger charge is -2.07. The first kappa shape index (κ1) is 11.2. The van der Waals surface area contributed by atoms with Crippen molar-refractivity contribution in [2.45, 2.75) is 0 Å². The van der Waals surface area contributed by atoms with Crippen molar-refractivity contribution < 1.29 is 13.6 Å². The quantitative estimate of drug-likeness (QED) is 0.865. The van der Waals surface area contributed by atoms with Crippen molar-refractivity contribution in [2.24, 2.45) is 5.73 Å². The van der Waals surface area contributed by atoms with Crippen LogP contribution in [0.5, 0.6) is 0 Å². The van der Waals surface area contributed by atoms with Gasteiger partial charge < -0.3 is 5.73 Å². The molecule has 2 aromatic rings. The van der Waals surface area contributed by atoms with Crippen LogP contribution >= 0.6 is 0 Å². The number of pyridine rings is 1. The summed E-state index contributed by atoms with van der Waals surface area (Å²) < 4.78 is 27.1. The Morgan fingerprint density at radius 2 is 1.76 bits per heavy atom. The van der Waals surface area contributed by atoms with Crippen molar-refractivity contribution in [1.29, 1.82) is 0 Å². The molecule has 0 bridgehead atoms. The number of aromatic nitrogens is 1. The molecule has 0 spiro atoms. The Balaban J connectivity index is 2.73. The maximum Gasteiger partial charge on any atom is 0.267 e. The summed E-state index contributed by atoms with van der Waals surface area (Å²) in [7, 11) is 0. The summed E-state index contributed by atoms with van der Waals surface area (Å²) in [5.74, 6) is -2.36. The summed E-state index contributed by atoms with van der Waals surface area (Å²) >= 11 is 0. The summed E-state index contributed by atoms with van der Waals surface area (Å²) in [6.07, 6.45) is 1.34. The van der Waals surface area contributed by atoms with Gasteiger partial charge in [0, 0.05) is 11.8 Å². The summed E-state index contributed by atoms with van der Waals surface area (Å²) in [6.45, 7) is 0. The molecule has 5 heteroatoms. The maximum atomic E-state index is 13.6. The second-order valence-electron chi connectivity index (χ2n) is 3.36. The summed E-state index contributed by atoms with van der Waals surface area (Å²) in [5, 5.41) is 0. The van der Waals surface area contributed by atoms with E-state index in [0.29, 0.717) is 0 Å². The van der Waals surface area contributed by atoms with Gasteiger partial charge in [0.05, 0.1) is 5.56 Å². The van der Waals surface area contributed by atoms with E-state index < -0.39 is 17.5 Å². The Kier molecular flexibility index (Phi) is 2.82. The zero-order chi connectivity index (χ0) is 12.4. The third kappa shape index (κ3) is 1.99. The highest BCUT2D eigenvalue weighted by atomic mass is 19.1. The molecular formula is C12H8F2N2O. The van der Waals surface area contributed by atoms with Gasteiger partial charge in [0.2, 0.25) is 0 Å². The third-order valence-corrected chi connectivity index (χ3v) is 2.27. The smallest absolute Gasteiger partial charge is 0.267 e. The van der Waals surface area contributed by atoms with Crippen LogP contribution in [-0.2, 0) is 0 Å². The van der Waals surface area contributed by atoms with E-state index >= 15 is 0 Å². The van der Waals surface area contributed by atoms with Crippen molar-refractivity contribution in [3.05, 3.63) is 53.9 Å². The molecule has 0 saturated heterocycles. The van der Waals surface area contributed by atoms with Gasteiger partial charge in [0.1, 0.15) is 17.3 Å². The van der Waals surface area contributed by atoms with Gasteiger partial charge in [0.25, 0.3) is 5.91 Å². The number of rotatable bonds is 2. The Labute approximate surface area is 95.9 Å². The van der Waals surface area contributed by atoms with Crippen LogP contribution in [-0.4, -0.2) is 10.9 Å². The molecule has 0 atom stereocenters. The second-order valence-corrected chi connectivity index (χ2v) is 3.36. The molecule has 86 valence electrons. The normalized spacial score (nSPS) is 10.2. The monoisotopic (exact) mass is 234 g/mol. The molecule has 1 aromatic carbocycles. The fourth-order valence-corrected chi connectivity index (χ4v) is 1.56. The summed E-state index contributed by atoms with van der Waals surface area (Å²) in [5.41, 5.74) is 4.70. The van der Waals surface area contributed by atoms with Gasteiger partial charge in [-0.05, 0) is 18.2 Å². The number of benzene rings is 1. The van der Waals surface area contributed by atoms with Crippen LogP contribution in [0.3, 0.4) is 0 Å². The number of carbonyl (C=O) groups is 1. The van der Waals surface area contributed by atoms with Gasteiger partial charge in [-0.3, -0.25) is 9.78 Å². The third-order valence-electron chi connectivity index (χ3n) is 2.27.